The molecule has 0 radical (unpaired) electrons. The van der Waals surface area contributed by atoms with Crippen molar-refractivity contribution >= 4 is 18.3 Å². The summed E-state index contributed by atoms with van der Waals surface area (Å²) in [6.07, 6.45) is 1.36. The number of para-hydroxylation sites is 1. The number of amides is 1. The zero-order valence-electron chi connectivity index (χ0n) is 13.3. The van der Waals surface area contributed by atoms with Crippen LogP contribution in [0.5, 0.6) is 5.75 Å². The maximum absolute atomic E-state index is 12.1. The van der Waals surface area contributed by atoms with Crippen LogP contribution in [-0.2, 0) is 11.2 Å². The zero-order chi connectivity index (χ0) is 15.1. The summed E-state index contributed by atoms with van der Waals surface area (Å²) >= 11 is 0. The van der Waals surface area contributed by atoms with Crippen molar-refractivity contribution in [3.8, 4) is 5.75 Å². The average molecular weight is 315 g/mol. The van der Waals surface area contributed by atoms with E-state index >= 15 is 0 Å². The van der Waals surface area contributed by atoms with Gasteiger partial charge in [0, 0.05) is 26.1 Å². The number of carbonyl (C=O) groups excluding carboxylic acids is 1. The molecule has 0 aliphatic heterocycles. The predicted octanol–water partition coefficient (Wildman–Crippen LogP) is 2.49. The van der Waals surface area contributed by atoms with Gasteiger partial charge in [0.25, 0.3) is 0 Å². The number of hydrogen-bond donors (Lipinski definition) is 1. The Morgan fingerprint density at radius 1 is 1.33 bits per heavy atom. The van der Waals surface area contributed by atoms with E-state index < -0.39 is 0 Å². The fourth-order valence-electron chi connectivity index (χ4n) is 2.17. The minimum atomic E-state index is 0. The normalized spacial score (nSPS) is 13.0. The Morgan fingerprint density at radius 3 is 2.52 bits per heavy atom. The fourth-order valence-corrected chi connectivity index (χ4v) is 2.17. The molecule has 0 saturated carbocycles. The number of rotatable bonds is 7. The number of nitrogens with zero attached hydrogens (tertiary/aromatic N) is 1. The van der Waals surface area contributed by atoms with E-state index in [4.69, 9.17) is 10.5 Å². The molecule has 120 valence electrons. The summed E-state index contributed by atoms with van der Waals surface area (Å²) in [7, 11) is 3.49. The highest BCUT2D eigenvalue weighted by Crippen LogP contribution is 2.22. The van der Waals surface area contributed by atoms with E-state index in [1.165, 1.54) is 0 Å². The monoisotopic (exact) mass is 314 g/mol. The lowest BCUT2D eigenvalue weighted by Gasteiger charge is -2.25. The van der Waals surface area contributed by atoms with Crippen molar-refractivity contribution in [3.05, 3.63) is 29.8 Å². The Hall–Kier alpha value is -1.26. The Labute approximate surface area is 134 Å². The first kappa shape index (κ1) is 19.7. The molecule has 5 heteroatoms. The number of halogens is 1. The highest BCUT2D eigenvalue weighted by atomic mass is 35.5. The SMILES string of the molecule is COc1ccccc1CC(C)CC(=O)N(C)C(C)CN.Cl. The molecular weight excluding hydrogens is 288 g/mol. The third kappa shape index (κ3) is 5.94. The Morgan fingerprint density at radius 2 is 1.95 bits per heavy atom. The molecule has 0 aliphatic carbocycles. The summed E-state index contributed by atoms with van der Waals surface area (Å²) in [4.78, 5) is 13.9. The molecule has 0 heterocycles. The van der Waals surface area contributed by atoms with Crippen molar-refractivity contribution in [2.45, 2.75) is 32.7 Å². The second kappa shape index (κ2) is 9.64. The van der Waals surface area contributed by atoms with E-state index in [0.717, 1.165) is 17.7 Å². The van der Waals surface area contributed by atoms with Gasteiger partial charge in [0.2, 0.25) is 5.91 Å². The summed E-state index contributed by atoms with van der Waals surface area (Å²) in [5.41, 5.74) is 6.74. The molecule has 0 fully saturated rings. The lowest BCUT2D eigenvalue weighted by molar-refractivity contribution is -0.132. The molecule has 1 aromatic rings. The van der Waals surface area contributed by atoms with Crippen LogP contribution in [0.15, 0.2) is 24.3 Å². The molecule has 1 aromatic carbocycles. The second-order valence-electron chi connectivity index (χ2n) is 5.41. The number of hydrogen-bond acceptors (Lipinski definition) is 3. The molecule has 2 atom stereocenters. The van der Waals surface area contributed by atoms with Crippen molar-refractivity contribution in [2.75, 3.05) is 20.7 Å². The molecule has 1 rings (SSSR count). The van der Waals surface area contributed by atoms with E-state index in [9.17, 15) is 4.79 Å². The topological polar surface area (TPSA) is 55.6 Å². The van der Waals surface area contributed by atoms with Gasteiger partial charge < -0.3 is 15.4 Å². The molecule has 0 aromatic heterocycles. The predicted molar refractivity (Wildman–Crippen MR) is 89.0 cm³/mol. The molecule has 2 unspecified atom stereocenters. The van der Waals surface area contributed by atoms with Crippen molar-refractivity contribution in [1.82, 2.24) is 4.90 Å². The number of likely N-dealkylation sites (N-methyl/N-ethyl adjacent to an activating group) is 1. The van der Waals surface area contributed by atoms with Gasteiger partial charge >= 0.3 is 0 Å². The minimum absolute atomic E-state index is 0. The van der Waals surface area contributed by atoms with Crippen LogP contribution >= 0.6 is 12.4 Å². The molecule has 4 nitrogen and oxygen atoms in total. The van der Waals surface area contributed by atoms with E-state index in [0.29, 0.717) is 13.0 Å². The highest BCUT2D eigenvalue weighted by Gasteiger charge is 2.18. The largest absolute Gasteiger partial charge is 0.496 e. The van der Waals surface area contributed by atoms with Gasteiger partial charge in [-0.25, -0.2) is 0 Å². The first-order valence-electron chi connectivity index (χ1n) is 7.07. The van der Waals surface area contributed by atoms with Gasteiger partial charge in [-0.3, -0.25) is 4.79 Å². The van der Waals surface area contributed by atoms with Crippen LogP contribution in [-0.4, -0.2) is 37.6 Å². The smallest absolute Gasteiger partial charge is 0.222 e. The molecule has 0 aliphatic rings. The molecule has 0 saturated heterocycles. The Balaban J connectivity index is 0.00000400. The molecule has 1 amide bonds. The van der Waals surface area contributed by atoms with Crippen LogP contribution in [0.2, 0.25) is 0 Å². The van der Waals surface area contributed by atoms with Crippen LogP contribution in [0.4, 0.5) is 0 Å². The van der Waals surface area contributed by atoms with Crippen molar-refractivity contribution in [1.29, 1.82) is 0 Å². The summed E-state index contributed by atoms with van der Waals surface area (Å²) in [5, 5.41) is 0. The fraction of sp³-hybridized carbons (Fsp3) is 0.562. The molecule has 0 spiro atoms. The quantitative estimate of drug-likeness (QED) is 0.841. The second-order valence-corrected chi connectivity index (χ2v) is 5.41. The van der Waals surface area contributed by atoms with Gasteiger partial charge in [0.15, 0.2) is 0 Å². The summed E-state index contributed by atoms with van der Waals surface area (Å²) in [5.74, 6) is 1.30. The summed E-state index contributed by atoms with van der Waals surface area (Å²) in [6.45, 7) is 4.54. The standard InChI is InChI=1S/C16H26N2O2.ClH/c1-12(10-16(19)18(3)13(2)11-17)9-14-7-5-6-8-15(14)20-4;/h5-8,12-13H,9-11,17H2,1-4H3;1H. The minimum Gasteiger partial charge on any atom is -0.496 e. The third-order valence-corrected chi connectivity index (χ3v) is 3.68. The highest BCUT2D eigenvalue weighted by molar-refractivity contribution is 5.85. The van der Waals surface area contributed by atoms with E-state index in [1.807, 2.05) is 38.2 Å². The van der Waals surface area contributed by atoms with Gasteiger partial charge in [-0.15, -0.1) is 12.4 Å². The lowest BCUT2D eigenvalue weighted by Crippen LogP contribution is -2.40. The number of nitrogens with two attached hydrogens (primary N) is 1. The van der Waals surface area contributed by atoms with Gasteiger partial charge in [-0.1, -0.05) is 25.1 Å². The number of ether oxygens (including phenoxy) is 1. The summed E-state index contributed by atoms with van der Waals surface area (Å²) < 4.78 is 5.34. The third-order valence-electron chi connectivity index (χ3n) is 3.68. The Bertz CT molecular complexity index is 440. The molecule has 0 bridgehead atoms. The molecule has 2 N–H and O–H groups in total. The van der Waals surface area contributed by atoms with Gasteiger partial charge in [0.05, 0.1) is 7.11 Å². The van der Waals surface area contributed by atoms with Crippen LogP contribution in [0.1, 0.15) is 25.8 Å². The summed E-state index contributed by atoms with van der Waals surface area (Å²) in [6, 6.07) is 8.03. The maximum Gasteiger partial charge on any atom is 0.222 e. The van der Waals surface area contributed by atoms with Crippen molar-refractivity contribution in [2.24, 2.45) is 11.7 Å². The average Bonchev–Trinajstić information content (AvgIpc) is 2.45. The van der Waals surface area contributed by atoms with Crippen LogP contribution in [0.25, 0.3) is 0 Å². The zero-order valence-corrected chi connectivity index (χ0v) is 14.2. The van der Waals surface area contributed by atoms with E-state index in [-0.39, 0.29) is 30.3 Å². The number of carbonyl (C=O) groups is 1. The molecule has 21 heavy (non-hydrogen) atoms. The van der Waals surface area contributed by atoms with Crippen LogP contribution in [0.3, 0.4) is 0 Å². The van der Waals surface area contributed by atoms with Crippen LogP contribution in [0, 0.1) is 5.92 Å². The number of benzene rings is 1. The molecular formula is C16H27ClN2O2. The van der Waals surface area contributed by atoms with Gasteiger partial charge in [-0.2, -0.15) is 0 Å². The maximum atomic E-state index is 12.1. The van der Waals surface area contributed by atoms with Gasteiger partial charge in [-0.05, 0) is 30.9 Å². The van der Waals surface area contributed by atoms with E-state index in [1.54, 1.807) is 12.0 Å². The Kier molecular flexibility index (Phi) is 9.06. The van der Waals surface area contributed by atoms with Gasteiger partial charge in [0.1, 0.15) is 5.75 Å². The van der Waals surface area contributed by atoms with Crippen molar-refractivity contribution < 1.29 is 9.53 Å². The van der Waals surface area contributed by atoms with Crippen LogP contribution < -0.4 is 10.5 Å². The van der Waals surface area contributed by atoms with E-state index in [2.05, 4.69) is 6.92 Å². The van der Waals surface area contributed by atoms with Crippen molar-refractivity contribution in [3.63, 3.8) is 0 Å². The number of methoxy groups -OCH3 is 1. The first-order chi connectivity index (χ1) is 9.49. The first-order valence-corrected chi connectivity index (χ1v) is 7.07. The lowest BCUT2D eigenvalue weighted by atomic mass is 9.96.